The monoisotopic (exact) mass is 538 g/mol. The maximum absolute atomic E-state index is 6.09. The molecule has 0 aromatic heterocycles. The lowest BCUT2D eigenvalue weighted by Gasteiger charge is -2.17. The van der Waals surface area contributed by atoms with Crippen molar-refractivity contribution in [3.63, 3.8) is 0 Å². The molecule has 0 saturated carbocycles. The zero-order chi connectivity index (χ0) is 21.0. The standard InChI is InChI=1S/C24H34N4O2.HI/c1-19-11-12-20(23(16-19)30-18-22-10-6-15-29-22)17-28-24(25-2)27-14-7-13-26-21-8-4-3-5-9-21;/h3-5,8-9,11-12,16,22,26H,6-7,10,13-15,17-18H2,1-2H3,(H2,25,27,28);1H. The minimum atomic E-state index is 0. The summed E-state index contributed by atoms with van der Waals surface area (Å²) in [5, 5.41) is 10.2. The predicted octanol–water partition coefficient (Wildman–Crippen LogP) is 4.34. The summed E-state index contributed by atoms with van der Waals surface area (Å²) in [6, 6.07) is 16.6. The Morgan fingerprint density at radius 2 is 1.97 bits per heavy atom. The number of hydrogen-bond acceptors (Lipinski definition) is 4. The molecule has 6 nitrogen and oxygen atoms in total. The second-order valence-corrected chi connectivity index (χ2v) is 7.56. The Kier molecular flexibility index (Phi) is 11.5. The molecule has 2 aromatic carbocycles. The Morgan fingerprint density at radius 1 is 1.13 bits per heavy atom. The molecule has 1 atom stereocenters. The van der Waals surface area contributed by atoms with Gasteiger partial charge in [-0.25, -0.2) is 0 Å². The molecule has 0 spiro atoms. The van der Waals surface area contributed by atoms with Crippen LogP contribution in [0.5, 0.6) is 5.75 Å². The van der Waals surface area contributed by atoms with Gasteiger partial charge in [0.1, 0.15) is 12.4 Å². The minimum Gasteiger partial charge on any atom is -0.491 e. The first-order valence-electron chi connectivity index (χ1n) is 10.8. The van der Waals surface area contributed by atoms with Crippen LogP contribution in [-0.4, -0.2) is 45.4 Å². The van der Waals surface area contributed by atoms with Gasteiger partial charge in [0.15, 0.2) is 5.96 Å². The fourth-order valence-corrected chi connectivity index (χ4v) is 3.38. The number of nitrogens with zero attached hydrogens (tertiary/aromatic N) is 1. The molecule has 1 fully saturated rings. The number of aliphatic imine (C=N–C) groups is 1. The summed E-state index contributed by atoms with van der Waals surface area (Å²) in [5.41, 5.74) is 3.46. The summed E-state index contributed by atoms with van der Waals surface area (Å²) in [4.78, 5) is 4.33. The lowest BCUT2D eigenvalue weighted by atomic mass is 10.1. The first kappa shape index (κ1) is 25.3. The molecule has 170 valence electrons. The van der Waals surface area contributed by atoms with E-state index in [1.165, 1.54) is 5.56 Å². The summed E-state index contributed by atoms with van der Waals surface area (Å²) in [5.74, 6) is 1.71. The van der Waals surface area contributed by atoms with Crippen LogP contribution in [-0.2, 0) is 11.3 Å². The summed E-state index contributed by atoms with van der Waals surface area (Å²) in [6.45, 7) is 5.95. The fourth-order valence-electron chi connectivity index (χ4n) is 3.38. The minimum absolute atomic E-state index is 0. The number of halogens is 1. The largest absolute Gasteiger partial charge is 0.491 e. The molecule has 0 radical (unpaired) electrons. The van der Waals surface area contributed by atoms with Crippen LogP contribution in [0.3, 0.4) is 0 Å². The molecule has 7 heteroatoms. The molecule has 1 unspecified atom stereocenters. The van der Waals surface area contributed by atoms with Crippen LogP contribution in [0.1, 0.15) is 30.4 Å². The predicted molar refractivity (Wildman–Crippen MR) is 139 cm³/mol. The molecule has 3 N–H and O–H groups in total. The van der Waals surface area contributed by atoms with Gasteiger partial charge in [-0.1, -0.05) is 30.3 Å². The van der Waals surface area contributed by atoms with E-state index in [1.807, 2.05) is 18.2 Å². The van der Waals surface area contributed by atoms with Gasteiger partial charge in [-0.05, 0) is 49.9 Å². The van der Waals surface area contributed by atoms with Crippen molar-refractivity contribution in [2.45, 2.75) is 38.8 Å². The highest BCUT2D eigenvalue weighted by Crippen LogP contribution is 2.22. The van der Waals surface area contributed by atoms with Crippen molar-refractivity contribution in [2.75, 3.05) is 38.7 Å². The Bertz CT molecular complexity index is 795. The van der Waals surface area contributed by atoms with E-state index < -0.39 is 0 Å². The molecule has 1 heterocycles. The summed E-state index contributed by atoms with van der Waals surface area (Å²) >= 11 is 0. The van der Waals surface area contributed by atoms with E-state index in [0.717, 1.165) is 61.9 Å². The van der Waals surface area contributed by atoms with Crippen molar-refractivity contribution in [1.29, 1.82) is 0 Å². The van der Waals surface area contributed by atoms with Crippen LogP contribution in [0.25, 0.3) is 0 Å². The molecule has 3 rings (SSSR count). The third-order valence-corrected chi connectivity index (χ3v) is 5.09. The normalized spacial score (nSPS) is 15.8. The van der Waals surface area contributed by atoms with E-state index in [2.05, 4.69) is 58.2 Å². The van der Waals surface area contributed by atoms with Crippen molar-refractivity contribution in [1.82, 2.24) is 10.6 Å². The molecule has 0 bridgehead atoms. The average molecular weight is 538 g/mol. The number of nitrogens with one attached hydrogen (secondary N) is 3. The number of rotatable bonds is 10. The molecular formula is C24H35IN4O2. The number of benzene rings is 2. The SMILES string of the molecule is CN=C(NCCCNc1ccccc1)NCc1ccc(C)cc1OCC1CCCO1.I. The van der Waals surface area contributed by atoms with Crippen LogP contribution in [0.15, 0.2) is 53.5 Å². The Labute approximate surface area is 203 Å². The maximum Gasteiger partial charge on any atom is 0.191 e. The van der Waals surface area contributed by atoms with Gasteiger partial charge in [-0.15, -0.1) is 24.0 Å². The number of anilines is 1. The number of ether oxygens (including phenoxy) is 2. The smallest absolute Gasteiger partial charge is 0.191 e. The highest BCUT2D eigenvalue weighted by atomic mass is 127. The van der Waals surface area contributed by atoms with Crippen LogP contribution in [0, 0.1) is 6.92 Å². The maximum atomic E-state index is 6.09. The van der Waals surface area contributed by atoms with Crippen molar-refractivity contribution < 1.29 is 9.47 Å². The molecule has 31 heavy (non-hydrogen) atoms. The molecule has 1 aliphatic heterocycles. The average Bonchev–Trinajstić information content (AvgIpc) is 3.29. The molecule has 1 aliphatic rings. The first-order chi connectivity index (χ1) is 14.7. The van der Waals surface area contributed by atoms with Crippen molar-refractivity contribution in [3.8, 4) is 5.75 Å². The zero-order valence-electron chi connectivity index (χ0n) is 18.5. The highest BCUT2D eigenvalue weighted by molar-refractivity contribution is 14.0. The lowest BCUT2D eigenvalue weighted by molar-refractivity contribution is 0.0676. The van der Waals surface area contributed by atoms with Gasteiger partial charge in [-0.2, -0.15) is 0 Å². The summed E-state index contributed by atoms with van der Waals surface area (Å²) in [6.07, 6.45) is 3.41. The van der Waals surface area contributed by atoms with Crippen molar-refractivity contribution >= 4 is 35.6 Å². The second-order valence-electron chi connectivity index (χ2n) is 7.56. The van der Waals surface area contributed by atoms with E-state index in [-0.39, 0.29) is 30.1 Å². The van der Waals surface area contributed by atoms with E-state index in [0.29, 0.717) is 13.2 Å². The van der Waals surface area contributed by atoms with Crippen LogP contribution >= 0.6 is 24.0 Å². The third-order valence-electron chi connectivity index (χ3n) is 5.09. The zero-order valence-corrected chi connectivity index (χ0v) is 20.9. The Morgan fingerprint density at radius 3 is 2.71 bits per heavy atom. The quantitative estimate of drug-likeness (QED) is 0.182. The summed E-state index contributed by atoms with van der Waals surface area (Å²) in [7, 11) is 1.79. The van der Waals surface area contributed by atoms with Gasteiger partial charge in [0, 0.05) is 44.5 Å². The van der Waals surface area contributed by atoms with Crippen molar-refractivity contribution in [2.24, 2.45) is 4.99 Å². The van der Waals surface area contributed by atoms with Crippen LogP contribution < -0.4 is 20.7 Å². The van der Waals surface area contributed by atoms with Gasteiger partial charge in [0.05, 0.1) is 6.10 Å². The van der Waals surface area contributed by atoms with Gasteiger partial charge < -0.3 is 25.4 Å². The first-order valence-corrected chi connectivity index (χ1v) is 10.8. The Balaban J connectivity index is 0.00000341. The highest BCUT2D eigenvalue weighted by Gasteiger charge is 2.17. The van der Waals surface area contributed by atoms with E-state index in [1.54, 1.807) is 7.05 Å². The van der Waals surface area contributed by atoms with Crippen LogP contribution in [0.2, 0.25) is 0 Å². The number of guanidine groups is 1. The molecule has 2 aromatic rings. The number of aryl methyl sites for hydroxylation is 1. The molecule has 0 amide bonds. The summed E-state index contributed by atoms with van der Waals surface area (Å²) < 4.78 is 11.8. The van der Waals surface area contributed by atoms with E-state index >= 15 is 0 Å². The number of para-hydroxylation sites is 1. The van der Waals surface area contributed by atoms with Gasteiger partial charge in [0.25, 0.3) is 0 Å². The molecule has 1 saturated heterocycles. The van der Waals surface area contributed by atoms with Gasteiger partial charge in [0.2, 0.25) is 0 Å². The second kappa shape index (κ2) is 14.1. The molecule has 0 aliphatic carbocycles. The fraction of sp³-hybridized carbons (Fsp3) is 0.458. The topological polar surface area (TPSA) is 66.9 Å². The van der Waals surface area contributed by atoms with Crippen LogP contribution in [0.4, 0.5) is 5.69 Å². The van der Waals surface area contributed by atoms with E-state index in [4.69, 9.17) is 9.47 Å². The van der Waals surface area contributed by atoms with Crippen molar-refractivity contribution in [3.05, 3.63) is 59.7 Å². The molecular weight excluding hydrogens is 503 g/mol. The van der Waals surface area contributed by atoms with E-state index in [9.17, 15) is 0 Å². The Hall–Kier alpha value is -2.00. The van der Waals surface area contributed by atoms with Gasteiger partial charge in [-0.3, -0.25) is 4.99 Å². The number of hydrogen-bond donors (Lipinski definition) is 3. The lowest BCUT2D eigenvalue weighted by Crippen LogP contribution is -2.37. The third kappa shape index (κ3) is 8.95. The van der Waals surface area contributed by atoms with Gasteiger partial charge >= 0.3 is 0 Å².